The van der Waals surface area contributed by atoms with Crippen molar-refractivity contribution in [2.75, 3.05) is 38.1 Å². The zero-order valence-corrected chi connectivity index (χ0v) is 12.1. The highest BCUT2D eigenvalue weighted by molar-refractivity contribution is 9.10. The van der Waals surface area contributed by atoms with Crippen molar-refractivity contribution >= 4 is 21.6 Å². The molecule has 0 fully saturated rings. The summed E-state index contributed by atoms with van der Waals surface area (Å²) in [6.45, 7) is 5.44. The second-order valence-corrected chi connectivity index (χ2v) is 4.80. The van der Waals surface area contributed by atoms with E-state index >= 15 is 0 Å². The first-order valence-corrected chi connectivity index (χ1v) is 6.77. The molecule has 0 unspecified atom stereocenters. The quantitative estimate of drug-likeness (QED) is 0.809. The van der Waals surface area contributed by atoms with Crippen LogP contribution in [0.25, 0.3) is 0 Å². The van der Waals surface area contributed by atoms with Crippen molar-refractivity contribution in [1.29, 1.82) is 5.26 Å². The van der Waals surface area contributed by atoms with Crippen LogP contribution in [-0.2, 0) is 0 Å². The summed E-state index contributed by atoms with van der Waals surface area (Å²) in [6.07, 6.45) is 0. The van der Waals surface area contributed by atoms with Gasteiger partial charge in [-0.1, -0.05) is 22.9 Å². The summed E-state index contributed by atoms with van der Waals surface area (Å²) in [6, 6.07) is 7.77. The van der Waals surface area contributed by atoms with Gasteiger partial charge >= 0.3 is 0 Å². The van der Waals surface area contributed by atoms with Crippen molar-refractivity contribution < 1.29 is 5.11 Å². The molecule has 0 atom stereocenters. The Morgan fingerprint density at radius 2 is 2.22 bits per heavy atom. The number of hydrogen-bond donors (Lipinski definition) is 2. The smallest absolute Gasteiger partial charge is 0.101 e. The summed E-state index contributed by atoms with van der Waals surface area (Å²) in [7, 11) is 0. The zero-order chi connectivity index (χ0) is 13.4. The van der Waals surface area contributed by atoms with E-state index in [2.05, 4.69) is 39.1 Å². The first-order valence-electron chi connectivity index (χ1n) is 5.98. The maximum atomic E-state index is 9.03. The van der Waals surface area contributed by atoms with Crippen LogP contribution in [0.4, 0.5) is 5.69 Å². The lowest BCUT2D eigenvalue weighted by atomic mass is 10.2. The number of nitriles is 1. The molecule has 0 aliphatic heterocycles. The minimum Gasteiger partial charge on any atom is -0.395 e. The standard InChI is InChI=1S/C13H18BrN3O/c1-2-17(7-8-18)6-5-16-13-4-3-12(14)9-11(13)10-15/h3-4,9,16,18H,2,5-8H2,1H3. The van der Waals surface area contributed by atoms with Crippen LogP contribution in [0.2, 0.25) is 0 Å². The van der Waals surface area contributed by atoms with Gasteiger partial charge in [0.25, 0.3) is 0 Å². The average Bonchev–Trinajstić information content (AvgIpc) is 2.39. The molecule has 1 aromatic rings. The third-order valence-corrected chi connectivity index (χ3v) is 3.20. The van der Waals surface area contributed by atoms with Gasteiger partial charge in [-0.2, -0.15) is 5.26 Å². The number of anilines is 1. The molecule has 0 spiro atoms. The highest BCUT2D eigenvalue weighted by Gasteiger charge is 2.04. The Hall–Kier alpha value is -1.09. The fraction of sp³-hybridized carbons (Fsp3) is 0.462. The van der Waals surface area contributed by atoms with Gasteiger partial charge in [0.05, 0.1) is 17.9 Å². The van der Waals surface area contributed by atoms with Gasteiger partial charge in [0.2, 0.25) is 0 Å². The Morgan fingerprint density at radius 1 is 1.44 bits per heavy atom. The predicted octanol–water partition coefficient (Wildman–Crippen LogP) is 2.05. The molecule has 0 bridgehead atoms. The van der Waals surface area contributed by atoms with E-state index in [1.54, 1.807) is 6.07 Å². The average molecular weight is 312 g/mol. The first-order chi connectivity index (χ1) is 8.71. The Labute approximate surface area is 116 Å². The van der Waals surface area contributed by atoms with E-state index in [0.29, 0.717) is 12.1 Å². The maximum Gasteiger partial charge on any atom is 0.101 e. The molecule has 5 heteroatoms. The number of benzene rings is 1. The number of halogens is 1. The molecule has 0 radical (unpaired) electrons. The fourth-order valence-corrected chi connectivity index (χ4v) is 2.04. The van der Waals surface area contributed by atoms with E-state index in [-0.39, 0.29) is 6.61 Å². The number of rotatable bonds is 7. The number of hydrogen-bond acceptors (Lipinski definition) is 4. The molecule has 0 saturated carbocycles. The van der Waals surface area contributed by atoms with Gasteiger partial charge in [-0.05, 0) is 24.7 Å². The van der Waals surface area contributed by atoms with Gasteiger partial charge in [-0.3, -0.25) is 4.90 Å². The summed E-state index contributed by atoms with van der Waals surface area (Å²) >= 11 is 3.35. The van der Waals surface area contributed by atoms with Crippen molar-refractivity contribution in [3.8, 4) is 6.07 Å². The Morgan fingerprint density at radius 3 is 2.83 bits per heavy atom. The van der Waals surface area contributed by atoms with Crippen molar-refractivity contribution in [1.82, 2.24) is 4.90 Å². The van der Waals surface area contributed by atoms with Crippen LogP contribution >= 0.6 is 15.9 Å². The summed E-state index contributed by atoms with van der Waals surface area (Å²) < 4.78 is 0.903. The molecule has 1 aromatic carbocycles. The monoisotopic (exact) mass is 311 g/mol. The Balaban J connectivity index is 2.51. The lowest BCUT2D eigenvalue weighted by molar-refractivity contribution is 0.206. The molecule has 0 aliphatic carbocycles. The molecule has 2 N–H and O–H groups in total. The van der Waals surface area contributed by atoms with Crippen LogP contribution in [-0.4, -0.2) is 42.8 Å². The van der Waals surface area contributed by atoms with Crippen molar-refractivity contribution in [2.45, 2.75) is 6.92 Å². The highest BCUT2D eigenvalue weighted by Crippen LogP contribution is 2.19. The third kappa shape index (κ3) is 4.65. The lowest BCUT2D eigenvalue weighted by Crippen LogP contribution is -2.31. The van der Waals surface area contributed by atoms with Crippen LogP contribution in [0.5, 0.6) is 0 Å². The molecular weight excluding hydrogens is 294 g/mol. The van der Waals surface area contributed by atoms with E-state index in [1.807, 2.05) is 12.1 Å². The number of nitrogens with one attached hydrogen (secondary N) is 1. The lowest BCUT2D eigenvalue weighted by Gasteiger charge is -2.19. The van der Waals surface area contributed by atoms with Gasteiger partial charge < -0.3 is 10.4 Å². The summed E-state index contributed by atoms with van der Waals surface area (Å²) in [4.78, 5) is 2.15. The van der Waals surface area contributed by atoms with E-state index < -0.39 is 0 Å². The van der Waals surface area contributed by atoms with E-state index in [0.717, 1.165) is 29.8 Å². The molecule has 0 saturated heterocycles. The molecule has 0 aromatic heterocycles. The predicted molar refractivity (Wildman–Crippen MR) is 76.5 cm³/mol. The highest BCUT2D eigenvalue weighted by atomic mass is 79.9. The van der Waals surface area contributed by atoms with Crippen LogP contribution in [0.3, 0.4) is 0 Å². The van der Waals surface area contributed by atoms with Crippen molar-refractivity contribution in [2.24, 2.45) is 0 Å². The summed E-state index contributed by atoms with van der Waals surface area (Å²) in [5.74, 6) is 0. The topological polar surface area (TPSA) is 59.3 Å². The van der Waals surface area contributed by atoms with Gasteiger partial charge in [0, 0.05) is 24.1 Å². The molecule has 0 amide bonds. The second-order valence-electron chi connectivity index (χ2n) is 3.89. The Kier molecular flexibility index (Phi) is 6.73. The zero-order valence-electron chi connectivity index (χ0n) is 10.5. The normalized spacial score (nSPS) is 10.4. The third-order valence-electron chi connectivity index (χ3n) is 2.71. The number of nitrogens with zero attached hydrogens (tertiary/aromatic N) is 2. The van der Waals surface area contributed by atoms with Gasteiger partial charge in [0.15, 0.2) is 0 Å². The SMILES string of the molecule is CCN(CCO)CCNc1ccc(Br)cc1C#N. The van der Waals surface area contributed by atoms with E-state index in [1.165, 1.54) is 0 Å². The van der Waals surface area contributed by atoms with Crippen LogP contribution in [0.15, 0.2) is 22.7 Å². The van der Waals surface area contributed by atoms with Crippen molar-refractivity contribution in [3.05, 3.63) is 28.2 Å². The van der Waals surface area contributed by atoms with Crippen LogP contribution < -0.4 is 5.32 Å². The van der Waals surface area contributed by atoms with Gasteiger partial charge in [-0.15, -0.1) is 0 Å². The number of aliphatic hydroxyl groups excluding tert-OH is 1. The fourth-order valence-electron chi connectivity index (χ4n) is 1.68. The second kappa shape index (κ2) is 8.09. The molecule has 1 rings (SSSR count). The van der Waals surface area contributed by atoms with E-state index in [4.69, 9.17) is 10.4 Å². The molecule has 98 valence electrons. The van der Waals surface area contributed by atoms with Gasteiger partial charge in [-0.25, -0.2) is 0 Å². The largest absolute Gasteiger partial charge is 0.395 e. The van der Waals surface area contributed by atoms with E-state index in [9.17, 15) is 0 Å². The molecule has 4 nitrogen and oxygen atoms in total. The van der Waals surface area contributed by atoms with Crippen LogP contribution in [0, 0.1) is 11.3 Å². The van der Waals surface area contributed by atoms with Gasteiger partial charge in [0.1, 0.15) is 6.07 Å². The number of aliphatic hydroxyl groups is 1. The number of likely N-dealkylation sites (N-methyl/N-ethyl adjacent to an activating group) is 1. The minimum atomic E-state index is 0.176. The Bertz CT molecular complexity index is 417. The van der Waals surface area contributed by atoms with Crippen molar-refractivity contribution in [3.63, 3.8) is 0 Å². The summed E-state index contributed by atoms with van der Waals surface area (Å²) in [5.41, 5.74) is 1.48. The molecule has 0 heterocycles. The summed E-state index contributed by atoms with van der Waals surface area (Å²) in [5, 5.41) is 21.2. The molecule has 0 aliphatic rings. The minimum absolute atomic E-state index is 0.176. The van der Waals surface area contributed by atoms with Crippen LogP contribution in [0.1, 0.15) is 12.5 Å². The first kappa shape index (κ1) is 15.0. The molecular formula is C13H18BrN3O. The maximum absolute atomic E-state index is 9.03. The molecule has 18 heavy (non-hydrogen) atoms.